The van der Waals surface area contributed by atoms with Crippen LogP contribution in [0.25, 0.3) is 0 Å². The van der Waals surface area contributed by atoms with Gasteiger partial charge >= 0.3 is 0 Å². The first-order chi connectivity index (χ1) is 11.5. The van der Waals surface area contributed by atoms with Gasteiger partial charge in [-0.05, 0) is 0 Å². The zero-order valence-corrected chi connectivity index (χ0v) is 22.8. The van der Waals surface area contributed by atoms with E-state index in [-0.39, 0.29) is 78.6 Å². The first-order valence-electron chi connectivity index (χ1n) is 8.13. The molecule has 2 aromatic carbocycles. The molecule has 4 heteroatoms. The van der Waals surface area contributed by atoms with Gasteiger partial charge in [0, 0.05) is 78.6 Å². The summed E-state index contributed by atoms with van der Waals surface area (Å²) in [7, 11) is 0. The largest absolute Gasteiger partial charge is 0.404 e. The molecule has 0 aliphatic rings. The number of rotatable bonds is 2. The Morgan fingerprint density at radius 2 is 1.38 bits per heavy atom. The van der Waals surface area contributed by atoms with Crippen molar-refractivity contribution < 1.29 is 75.6 Å². The second-order valence-corrected chi connectivity index (χ2v) is 5.20. The molecule has 2 radical (unpaired) electrons. The van der Waals surface area contributed by atoms with Gasteiger partial charge in [0.1, 0.15) is 0 Å². The second-order valence-electron chi connectivity index (χ2n) is 5.20. The minimum absolute atomic E-state index is 0. The molecule has 0 bridgehead atoms. The van der Waals surface area contributed by atoms with Crippen LogP contribution in [0, 0.1) is 38.8 Å². The predicted octanol–water partition coefficient (Wildman–Crippen LogP) is 5.03. The van der Waals surface area contributed by atoms with Crippen LogP contribution in [0.3, 0.4) is 0 Å². The van der Waals surface area contributed by atoms with Gasteiger partial charge in [-0.2, -0.15) is 87.4 Å². The van der Waals surface area contributed by atoms with Crippen molar-refractivity contribution in [1.82, 2.24) is 0 Å². The molecule has 0 atom stereocenters. The molecule has 2 N–H and O–H groups in total. The first kappa shape index (κ1) is 34.1. The summed E-state index contributed by atoms with van der Waals surface area (Å²) in [6.07, 6.45) is 4.00. The Morgan fingerprint density at radius 3 is 1.69 bits per heavy atom. The Balaban J connectivity index is -0.000000136. The van der Waals surface area contributed by atoms with Crippen molar-refractivity contribution in [2.75, 3.05) is 0 Å². The van der Waals surface area contributed by atoms with E-state index in [0.717, 1.165) is 22.3 Å². The summed E-state index contributed by atoms with van der Waals surface area (Å²) in [6, 6.07) is 17.1. The molecule has 0 fully saturated rings. The van der Waals surface area contributed by atoms with Crippen LogP contribution in [0.15, 0.2) is 36.4 Å². The number of benzene rings is 2. The summed E-state index contributed by atoms with van der Waals surface area (Å²) in [5.41, 5.74) is 4.10. The summed E-state index contributed by atoms with van der Waals surface area (Å²) < 4.78 is 0. The fourth-order valence-corrected chi connectivity index (χ4v) is 1.35. The van der Waals surface area contributed by atoms with E-state index in [1.807, 2.05) is 78.6 Å². The molecular formula is C22H32O2Y2-4. The Morgan fingerprint density at radius 1 is 0.846 bits per heavy atom. The number of aliphatic hydroxyl groups is 2. The van der Waals surface area contributed by atoms with Gasteiger partial charge in [0.25, 0.3) is 0 Å². The number of hydrogen-bond acceptors (Lipinski definition) is 2. The van der Waals surface area contributed by atoms with Crippen molar-refractivity contribution in [3.8, 4) is 0 Å². The van der Waals surface area contributed by atoms with E-state index in [1.54, 1.807) is 12.1 Å². The van der Waals surface area contributed by atoms with Crippen LogP contribution in [-0.4, -0.2) is 10.2 Å². The molecule has 0 unspecified atom stereocenters. The summed E-state index contributed by atoms with van der Waals surface area (Å²) in [4.78, 5) is 0. The SMILES string of the molecule is C[CH-]C.C[CH-]C.Cc1[c-]cc(CO)cc1.Cc1cc[c-]cc1CO.[Y].[Y]. The van der Waals surface area contributed by atoms with Gasteiger partial charge < -0.3 is 23.1 Å². The zero-order valence-electron chi connectivity index (χ0n) is 17.1. The predicted molar refractivity (Wildman–Crippen MR) is 103 cm³/mol. The van der Waals surface area contributed by atoms with Gasteiger partial charge in [0.05, 0.1) is 0 Å². The van der Waals surface area contributed by atoms with Crippen molar-refractivity contribution in [3.05, 3.63) is 83.6 Å². The maximum absolute atomic E-state index is 8.70. The quantitative estimate of drug-likeness (QED) is 0.562. The molecule has 0 spiro atoms. The molecule has 0 amide bonds. The number of aryl methyl sites for hydroxylation is 2. The van der Waals surface area contributed by atoms with Crippen LogP contribution < -0.4 is 0 Å². The van der Waals surface area contributed by atoms with E-state index >= 15 is 0 Å². The van der Waals surface area contributed by atoms with Crippen LogP contribution in [0.5, 0.6) is 0 Å². The molecule has 0 aliphatic carbocycles. The fourth-order valence-electron chi connectivity index (χ4n) is 1.35. The van der Waals surface area contributed by atoms with E-state index in [0.29, 0.717) is 0 Å². The molecule has 0 saturated heterocycles. The molecule has 2 aromatic rings. The van der Waals surface area contributed by atoms with Crippen molar-refractivity contribution in [2.24, 2.45) is 0 Å². The van der Waals surface area contributed by atoms with E-state index < -0.39 is 0 Å². The third-order valence-electron chi connectivity index (χ3n) is 2.58. The first-order valence-corrected chi connectivity index (χ1v) is 8.13. The Kier molecular flexibility index (Phi) is 33.5. The van der Waals surface area contributed by atoms with E-state index in [1.165, 1.54) is 0 Å². The molecule has 2 rings (SSSR count). The maximum Gasteiger partial charge on any atom is 0.0241 e. The van der Waals surface area contributed by atoms with Crippen LogP contribution in [-0.2, 0) is 78.6 Å². The van der Waals surface area contributed by atoms with Crippen molar-refractivity contribution in [2.45, 2.75) is 54.8 Å². The van der Waals surface area contributed by atoms with Crippen LogP contribution in [0.4, 0.5) is 0 Å². The molecule has 0 heterocycles. The third-order valence-corrected chi connectivity index (χ3v) is 2.58. The van der Waals surface area contributed by atoms with Crippen LogP contribution in [0.1, 0.15) is 49.9 Å². The van der Waals surface area contributed by atoms with Crippen molar-refractivity contribution in [1.29, 1.82) is 0 Å². The summed E-state index contributed by atoms with van der Waals surface area (Å²) in [5.74, 6) is 0. The van der Waals surface area contributed by atoms with Crippen molar-refractivity contribution >= 4 is 0 Å². The van der Waals surface area contributed by atoms with Crippen LogP contribution >= 0.6 is 0 Å². The zero-order chi connectivity index (χ0) is 18.8. The van der Waals surface area contributed by atoms with Crippen molar-refractivity contribution in [3.63, 3.8) is 0 Å². The second kappa shape index (κ2) is 25.6. The molecular weight excluding hydrogens is 474 g/mol. The third kappa shape index (κ3) is 20.9. The van der Waals surface area contributed by atoms with E-state index in [9.17, 15) is 0 Å². The van der Waals surface area contributed by atoms with E-state index in [2.05, 4.69) is 12.1 Å². The summed E-state index contributed by atoms with van der Waals surface area (Å²) in [5, 5.41) is 17.3. The standard InChI is InChI=1S/2C8H9O.2C3H7.2Y/c1-7-2-4-8(6-9)5-3-7;1-7-4-2-3-5-8(7)6-9;2*1-3-2;;/h2*2,4-5,9H,6H2,1H3;2*3H,1-2H3;;/q4*-1;;. The molecule has 26 heavy (non-hydrogen) atoms. The monoisotopic (exact) mass is 506 g/mol. The minimum atomic E-state index is 0. The van der Waals surface area contributed by atoms with Gasteiger partial charge in [-0.15, -0.1) is 11.1 Å². The smallest absolute Gasteiger partial charge is 0.0241 e. The molecule has 0 aromatic heterocycles. The van der Waals surface area contributed by atoms with Crippen LogP contribution in [0.2, 0.25) is 0 Å². The average molecular weight is 506 g/mol. The van der Waals surface area contributed by atoms with Gasteiger partial charge in [0.2, 0.25) is 0 Å². The van der Waals surface area contributed by atoms with Gasteiger partial charge in [-0.1, -0.05) is 13.8 Å². The fraction of sp³-hybridized carbons (Fsp3) is 0.364. The minimum Gasteiger partial charge on any atom is -0.404 e. The summed E-state index contributed by atoms with van der Waals surface area (Å²) >= 11 is 0. The normalized spacial score (nSPS) is 8.00. The Bertz CT molecular complexity index is 498. The van der Waals surface area contributed by atoms with Gasteiger partial charge in [0.15, 0.2) is 0 Å². The molecule has 0 aliphatic heterocycles. The Labute approximate surface area is 212 Å². The van der Waals surface area contributed by atoms with E-state index in [4.69, 9.17) is 10.2 Å². The Hall–Kier alpha value is 0.568. The molecule has 0 saturated carbocycles. The molecule has 2 nitrogen and oxygen atoms in total. The van der Waals surface area contributed by atoms with Gasteiger partial charge in [-0.25, -0.2) is 0 Å². The maximum atomic E-state index is 8.70. The summed E-state index contributed by atoms with van der Waals surface area (Å²) in [6.45, 7) is 12.2. The number of aliphatic hydroxyl groups excluding tert-OH is 2. The average Bonchev–Trinajstić information content (AvgIpc) is 2.58. The van der Waals surface area contributed by atoms with Gasteiger partial charge in [-0.3, -0.25) is 0 Å². The number of hydrogen-bond donors (Lipinski definition) is 2. The molecule has 142 valence electrons. The topological polar surface area (TPSA) is 40.5 Å².